The van der Waals surface area contributed by atoms with Crippen LogP contribution in [0.2, 0.25) is 0 Å². The van der Waals surface area contributed by atoms with Gasteiger partial charge in [0.05, 0.1) is 11.7 Å². The van der Waals surface area contributed by atoms with E-state index in [0.717, 1.165) is 23.5 Å². The van der Waals surface area contributed by atoms with Crippen LogP contribution in [0.15, 0.2) is 41.0 Å². The highest BCUT2D eigenvalue weighted by Gasteiger charge is 2.18. The first-order chi connectivity index (χ1) is 9.61. The molecular weight excluding hydrogens is 326 g/mol. The molecule has 2 aromatic rings. The Morgan fingerprint density at radius 3 is 2.65 bits per heavy atom. The van der Waals surface area contributed by atoms with Gasteiger partial charge in [-0.25, -0.2) is 8.78 Å². The van der Waals surface area contributed by atoms with E-state index in [0.29, 0.717) is 11.3 Å². The average molecular weight is 341 g/mol. The number of hydrogen-bond donors (Lipinski definition) is 1. The van der Waals surface area contributed by atoms with Crippen LogP contribution in [0.4, 0.5) is 8.78 Å². The topological polar surface area (TPSA) is 24.9 Å². The Bertz CT molecular complexity index is 573. The van der Waals surface area contributed by atoms with Crippen LogP contribution in [0.25, 0.3) is 0 Å². The Morgan fingerprint density at radius 1 is 1.25 bits per heavy atom. The van der Waals surface area contributed by atoms with E-state index in [1.807, 2.05) is 19.1 Å². The van der Waals surface area contributed by atoms with E-state index in [1.54, 1.807) is 6.20 Å². The minimum absolute atomic E-state index is 0.386. The number of nitrogens with zero attached hydrogens (tertiary/aromatic N) is 1. The van der Waals surface area contributed by atoms with Crippen LogP contribution < -0.4 is 5.32 Å². The van der Waals surface area contributed by atoms with E-state index in [9.17, 15) is 8.78 Å². The minimum atomic E-state index is -0.579. The van der Waals surface area contributed by atoms with Crippen molar-refractivity contribution in [3.63, 3.8) is 0 Å². The monoisotopic (exact) mass is 340 g/mol. The molecule has 1 heterocycles. The van der Waals surface area contributed by atoms with Gasteiger partial charge in [0.25, 0.3) is 0 Å². The summed E-state index contributed by atoms with van der Waals surface area (Å²) in [4.78, 5) is 4.30. The first-order valence-electron chi connectivity index (χ1n) is 6.41. The molecule has 0 fully saturated rings. The van der Waals surface area contributed by atoms with Crippen molar-refractivity contribution in [2.24, 2.45) is 0 Å². The van der Waals surface area contributed by atoms with E-state index in [4.69, 9.17) is 0 Å². The maximum atomic E-state index is 14.0. The molecule has 0 spiro atoms. The number of hydrogen-bond acceptors (Lipinski definition) is 2. The van der Waals surface area contributed by atoms with Crippen molar-refractivity contribution in [2.75, 3.05) is 6.54 Å². The summed E-state index contributed by atoms with van der Waals surface area (Å²) < 4.78 is 27.9. The molecule has 20 heavy (non-hydrogen) atoms. The molecule has 0 bridgehead atoms. The fourth-order valence-corrected chi connectivity index (χ4v) is 2.19. The third kappa shape index (κ3) is 3.61. The van der Waals surface area contributed by atoms with Crippen molar-refractivity contribution >= 4 is 15.9 Å². The molecule has 1 atom stereocenters. The molecule has 1 N–H and O–H groups in total. The maximum absolute atomic E-state index is 14.0. The third-order valence-corrected chi connectivity index (χ3v) is 3.39. The van der Waals surface area contributed by atoms with E-state index in [2.05, 4.69) is 26.2 Å². The lowest BCUT2D eigenvalue weighted by molar-refractivity contribution is 0.527. The number of aromatic nitrogens is 1. The maximum Gasteiger partial charge on any atom is 0.131 e. The highest BCUT2D eigenvalue weighted by molar-refractivity contribution is 9.10. The summed E-state index contributed by atoms with van der Waals surface area (Å²) in [5.74, 6) is -1.15. The highest BCUT2D eigenvalue weighted by atomic mass is 79.9. The summed E-state index contributed by atoms with van der Waals surface area (Å²) in [6.45, 7) is 2.75. The van der Waals surface area contributed by atoms with Crippen LogP contribution in [0, 0.1) is 11.6 Å². The normalized spacial score (nSPS) is 12.4. The van der Waals surface area contributed by atoms with Crippen LogP contribution >= 0.6 is 15.9 Å². The van der Waals surface area contributed by atoms with E-state index >= 15 is 0 Å². The smallest absolute Gasteiger partial charge is 0.131 e. The largest absolute Gasteiger partial charge is 0.305 e. The molecule has 0 saturated heterocycles. The standard InChI is InChI=1S/C15H15BrF2N2/c1-2-7-19-15(14-6-3-10(16)9-20-14)12-5-4-11(17)8-13(12)18/h3-6,8-9,15,19H,2,7H2,1H3. The zero-order valence-corrected chi connectivity index (χ0v) is 12.6. The van der Waals surface area contributed by atoms with Gasteiger partial charge in [0, 0.05) is 22.3 Å². The molecule has 5 heteroatoms. The van der Waals surface area contributed by atoms with Gasteiger partial charge in [-0.1, -0.05) is 13.0 Å². The van der Waals surface area contributed by atoms with Gasteiger partial charge in [-0.2, -0.15) is 0 Å². The molecule has 1 aromatic carbocycles. The van der Waals surface area contributed by atoms with Gasteiger partial charge in [-0.15, -0.1) is 0 Å². The van der Waals surface area contributed by atoms with Gasteiger partial charge in [0.15, 0.2) is 0 Å². The Hall–Kier alpha value is -1.33. The number of benzene rings is 1. The molecule has 106 valence electrons. The molecule has 2 rings (SSSR count). The second kappa shape index (κ2) is 6.90. The zero-order chi connectivity index (χ0) is 14.5. The number of halogens is 3. The van der Waals surface area contributed by atoms with Gasteiger partial charge < -0.3 is 5.32 Å². The Morgan fingerprint density at radius 2 is 2.05 bits per heavy atom. The summed E-state index contributed by atoms with van der Waals surface area (Å²) >= 11 is 3.32. The van der Waals surface area contributed by atoms with Crippen LogP contribution in [0.1, 0.15) is 30.6 Å². The van der Waals surface area contributed by atoms with Crippen LogP contribution in [-0.4, -0.2) is 11.5 Å². The minimum Gasteiger partial charge on any atom is -0.305 e. The zero-order valence-electron chi connectivity index (χ0n) is 11.0. The summed E-state index contributed by atoms with van der Waals surface area (Å²) in [7, 11) is 0. The van der Waals surface area contributed by atoms with E-state index in [1.165, 1.54) is 12.1 Å². The van der Waals surface area contributed by atoms with Crippen molar-refractivity contribution < 1.29 is 8.78 Å². The third-order valence-electron chi connectivity index (χ3n) is 2.92. The van der Waals surface area contributed by atoms with Crippen molar-refractivity contribution in [1.82, 2.24) is 10.3 Å². The van der Waals surface area contributed by atoms with Crippen molar-refractivity contribution in [3.05, 3.63) is 63.9 Å². The van der Waals surface area contributed by atoms with E-state index < -0.39 is 11.6 Å². The second-order valence-corrected chi connectivity index (χ2v) is 5.37. The van der Waals surface area contributed by atoms with Gasteiger partial charge in [-0.3, -0.25) is 4.98 Å². The number of nitrogens with one attached hydrogen (secondary N) is 1. The lowest BCUT2D eigenvalue weighted by Gasteiger charge is -2.19. The molecule has 0 aliphatic heterocycles. The van der Waals surface area contributed by atoms with Crippen LogP contribution in [0.5, 0.6) is 0 Å². The van der Waals surface area contributed by atoms with Crippen LogP contribution in [0.3, 0.4) is 0 Å². The van der Waals surface area contributed by atoms with Gasteiger partial charge in [0.2, 0.25) is 0 Å². The lowest BCUT2D eigenvalue weighted by atomic mass is 10.0. The predicted molar refractivity (Wildman–Crippen MR) is 78.4 cm³/mol. The van der Waals surface area contributed by atoms with Gasteiger partial charge >= 0.3 is 0 Å². The number of pyridine rings is 1. The summed E-state index contributed by atoms with van der Waals surface area (Å²) in [5.41, 5.74) is 1.10. The summed E-state index contributed by atoms with van der Waals surface area (Å²) in [6, 6.07) is 6.91. The van der Waals surface area contributed by atoms with Gasteiger partial charge in [-0.05, 0) is 47.1 Å². The molecular formula is C15H15BrF2N2. The first kappa shape index (κ1) is 15.1. The lowest BCUT2D eigenvalue weighted by Crippen LogP contribution is -2.25. The molecule has 2 nitrogen and oxygen atoms in total. The van der Waals surface area contributed by atoms with E-state index in [-0.39, 0.29) is 6.04 Å². The van der Waals surface area contributed by atoms with Crippen LogP contribution in [-0.2, 0) is 0 Å². The highest BCUT2D eigenvalue weighted by Crippen LogP contribution is 2.24. The molecule has 1 aromatic heterocycles. The van der Waals surface area contributed by atoms with Crippen molar-refractivity contribution in [1.29, 1.82) is 0 Å². The molecule has 0 radical (unpaired) electrons. The molecule has 1 unspecified atom stereocenters. The molecule has 0 saturated carbocycles. The Balaban J connectivity index is 2.38. The molecule has 0 aliphatic rings. The summed E-state index contributed by atoms with van der Waals surface area (Å²) in [6.07, 6.45) is 2.58. The Kier molecular flexibility index (Phi) is 5.20. The Labute approximate surface area is 125 Å². The molecule has 0 aliphatic carbocycles. The first-order valence-corrected chi connectivity index (χ1v) is 7.21. The molecule has 0 amide bonds. The quantitative estimate of drug-likeness (QED) is 0.881. The van der Waals surface area contributed by atoms with Crippen molar-refractivity contribution in [2.45, 2.75) is 19.4 Å². The predicted octanol–water partition coefficient (Wildman–Crippen LogP) is 4.21. The SMILES string of the molecule is CCCNC(c1ccc(Br)cn1)c1ccc(F)cc1F. The second-order valence-electron chi connectivity index (χ2n) is 4.45. The summed E-state index contributed by atoms with van der Waals surface area (Å²) in [5, 5.41) is 3.24. The number of rotatable bonds is 5. The fraction of sp³-hybridized carbons (Fsp3) is 0.267. The van der Waals surface area contributed by atoms with Crippen molar-refractivity contribution in [3.8, 4) is 0 Å². The average Bonchev–Trinajstić information content (AvgIpc) is 2.42. The fourth-order valence-electron chi connectivity index (χ4n) is 1.96. The van der Waals surface area contributed by atoms with Gasteiger partial charge in [0.1, 0.15) is 11.6 Å².